The van der Waals surface area contributed by atoms with Gasteiger partial charge in [-0.25, -0.2) is 9.97 Å². The topological polar surface area (TPSA) is 92.9 Å². The predicted octanol–water partition coefficient (Wildman–Crippen LogP) is 3.65. The lowest BCUT2D eigenvalue weighted by Gasteiger charge is -2.37. The van der Waals surface area contributed by atoms with Gasteiger partial charge in [0, 0.05) is 24.2 Å². The van der Waals surface area contributed by atoms with E-state index in [-0.39, 0.29) is 5.54 Å². The van der Waals surface area contributed by atoms with E-state index in [1.807, 2.05) is 12.1 Å². The van der Waals surface area contributed by atoms with Crippen LogP contribution >= 0.6 is 23.2 Å². The summed E-state index contributed by atoms with van der Waals surface area (Å²) in [7, 11) is 1.59. The molecule has 0 bridgehead atoms. The highest BCUT2D eigenvalue weighted by atomic mass is 35.5. The van der Waals surface area contributed by atoms with Gasteiger partial charge in [-0.05, 0) is 25.8 Å². The van der Waals surface area contributed by atoms with Crippen molar-refractivity contribution >= 4 is 40.2 Å². The lowest BCUT2D eigenvalue weighted by molar-refractivity contribution is 0.355. The minimum atomic E-state index is -0.149. The van der Waals surface area contributed by atoms with Crippen molar-refractivity contribution in [3.63, 3.8) is 0 Å². The monoisotopic (exact) mass is 406 g/mol. The summed E-state index contributed by atoms with van der Waals surface area (Å²) < 4.78 is 5.53. The molecular formula is C18H20Cl2N6O. The molecule has 0 aliphatic carbocycles. The zero-order chi connectivity index (χ0) is 19.2. The second kappa shape index (κ2) is 6.82. The van der Waals surface area contributed by atoms with Gasteiger partial charge in [-0.3, -0.25) is 5.10 Å². The molecule has 27 heavy (non-hydrogen) atoms. The molecule has 1 fully saturated rings. The van der Waals surface area contributed by atoms with Gasteiger partial charge in [0.05, 0.1) is 22.8 Å². The van der Waals surface area contributed by atoms with Crippen LogP contribution in [0.3, 0.4) is 0 Å². The van der Waals surface area contributed by atoms with E-state index < -0.39 is 0 Å². The Kier molecular flexibility index (Phi) is 4.61. The van der Waals surface area contributed by atoms with E-state index in [9.17, 15) is 0 Å². The van der Waals surface area contributed by atoms with Crippen LogP contribution in [0.2, 0.25) is 10.0 Å². The minimum absolute atomic E-state index is 0.149. The van der Waals surface area contributed by atoms with Crippen LogP contribution in [0.1, 0.15) is 19.8 Å². The number of nitrogens with one attached hydrogen (secondary N) is 1. The third kappa shape index (κ3) is 3.31. The van der Waals surface area contributed by atoms with Crippen molar-refractivity contribution in [1.29, 1.82) is 0 Å². The molecule has 9 heteroatoms. The second-order valence-electron chi connectivity index (χ2n) is 7.07. The van der Waals surface area contributed by atoms with Crippen LogP contribution in [0.4, 0.5) is 5.82 Å². The van der Waals surface area contributed by atoms with Crippen molar-refractivity contribution in [2.45, 2.75) is 25.3 Å². The molecule has 7 nitrogen and oxygen atoms in total. The number of fused-ring (bicyclic) bond motifs is 1. The molecule has 4 rings (SSSR count). The third-order valence-corrected chi connectivity index (χ3v) is 5.78. The van der Waals surface area contributed by atoms with Crippen LogP contribution in [-0.2, 0) is 0 Å². The molecule has 0 amide bonds. The van der Waals surface area contributed by atoms with Crippen LogP contribution in [0.15, 0.2) is 18.2 Å². The molecule has 0 unspecified atom stereocenters. The van der Waals surface area contributed by atoms with Gasteiger partial charge in [0.15, 0.2) is 5.82 Å². The number of nitrogens with two attached hydrogens (primary N) is 1. The fraction of sp³-hybridized carbons (Fsp3) is 0.389. The van der Waals surface area contributed by atoms with Gasteiger partial charge in [0.1, 0.15) is 5.52 Å². The van der Waals surface area contributed by atoms with Crippen LogP contribution in [-0.4, -0.2) is 45.9 Å². The summed E-state index contributed by atoms with van der Waals surface area (Å²) in [4.78, 5) is 11.5. The van der Waals surface area contributed by atoms with E-state index in [1.165, 1.54) is 0 Å². The smallest absolute Gasteiger partial charge is 0.258 e. The number of aromatic amines is 1. The number of hydrogen-bond donors (Lipinski definition) is 2. The molecular weight excluding hydrogens is 387 g/mol. The number of hydrogen-bond acceptors (Lipinski definition) is 6. The molecule has 3 heterocycles. The first kappa shape index (κ1) is 18.3. The maximum atomic E-state index is 6.36. The number of ether oxygens (including phenoxy) is 1. The number of piperidine rings is 1. The number of rotatable bonds is 3. The minimum Gasteiger partial charge on any atom is -0.478 e. The van der Waals surface area contributed by atoms with Gasteiger partial charge in [0.2, 0.25) is 5.65 Å². The summed E-state index contributed by atoms with van der Waals surface area (Å²) in [5, 5.41) is 8.20. The molecule has 3 aromatic rings. The molecule has 3 N–H and O–H groups in total. The van der Waals surface area contributed by atoms with E-state index in [0.717, 1.165) is 25.9 Å². The Balaban J connectivity index is 1.78. The van der Waals surface area contributed by atoms with E-state index in [0.29, 0.717) is 44.2 Å². The first-order chi connectivity index (χ1) is 12.9. The normalized spacial score (nSPS) is 16.7. The zero-order valence-electron chi connectivity index (χ0n) is 15.1. The Morgan fingerprint density at radius 1 is 1.22 bits per heavy atom. The number of benzene rings is 1. The Morgan fingerprint density at radius 2 is 1.96 bits per heavy atom. The number of halogens is 2. The Labute approximate surface area is 166 Å². The molecule has 1 aliphatic rings. The molecule has 0 spiro atoms. The Morgan fingerprint density at radius 3 is 2.67 bits per heavy atom. The number of anilines is 1. The molecule has 2 aromatic heterocycles. The van der Waals surface area contributed by atoms with Crippen molar-refractivity contribution in [3.8, 4) is 17.1 Å². The van der Waals surface area contributed by atoms with E-state index in [1.54, 1.807) is 13.2 Å². The highest BCUT2D eigenvalue weighted by Crippen LogP contribution is 2.37. The fourth-order valence-corrected chi connectivity index (χ4v) is 3.66. The Hall–Kier alpha value is -2.09. The summed E-state index contributed by atoms with van der Waals surface area (Å²) in [5.41, 5.74) is 8.54. The second-order valence-corrected chi connectivity index (χ2v) is 7.85. The number of nitrogens with zero attached hydrogens (tertiary/aromatic N) is 4. The Bertz CT molecular complexity index is 993. The van der Waals surface area contributed by atoms with E-state index >= 15 is 0 Å². The van der Waals surface area contributed by atoms with Crippen LogP contribution < -0.4 is 15.4 Å². The average Bonchev–Trinajstić information content (AvgIpc) is 3.05. The molecule has 1 aliphatic heterocycles. The summed E-state index contributed by atoms with van der Waals surface area (Å²) in [6.07, 6.45) is 1.75. The molecule has 0 radical (unpaired) electrons. The van der Waals surface area contributed by atoms with Gasteiger partial charge in [0.25, 0.3) is 5.88 Å². The lowest BCUT2D eigenvalue weighted by atomic mass is 9.91. The van der Waals surface area contributed by atoms with Crippen LogP contribution in [0, 0.1) is 0 Å². The van der Waals surface area contributed by atoms with Gasteiger partial charge in [-0.1, -0.05) is 35.3 Å². The molecule has 1 aromatic carbocycles. The number of H-pyrrole nitrogens is 1. The predicted molar refractivity (Wildman–Crippen MR) is 108 cm³/mol. The summed E-state index contributed by atoms with van der Waals surface area (Å²) in [6, 6.07) is 5.42. The molecule has 0 atom stereocenters. The van der Waals surface area contributed by atoms with E-state index in [4.69, 9.17) is 38.7 Å². The number of methoxy groups -OCH3 is 1. The fourth-order valence-electron chi connectivity index (χ4n) is 3.27. The maximum absolute atomic E-state index is 6.36. The molecule has 0 saturated carbocycles. The first-order valence-corrected chi connectivity index (χ1v) is 9.43. The molecule has 142 valence electrons. The van der Waals surface area contributed by atoms with Crippen molar-refractivity contribution < 1.29 is 4.74 Å². The first-order valence-electron chi connectivity index (χ1n) is 8.68. The summed E-state index contributed by atoms with van der Waals surface area (Å²) in [5.74, 6) is 1.12. The largest absolute Gasteiger partial charge is 0.478 e. The third-order valence-electron chi connectivity index (χ3n) is 4.96. The highest BCUT2D eigenvalue weighted by Gasteiger charge is 2.29. The van der Waals surface area contributed by atoms with Crippen molar-refractivity contribution in [1.82, 2.24) is 20.2 Å². The van der Waals surface area contributed by atoms with Crippen LogP contribution in [0.25, 0.3) is 22.4 Å². The summed E-state index contributed by atoms with van der Waals surface area (Å²) in [6.45, 7) is 3.66. The zero-order valence-corrected chi connectivity index (χ0v) is 16.6. The van der Waals surface area contributed by atoms with Crippen LogP contribution in [0.5, 0.6) is 5.88 Å². The molecule has 1 saturated heterocycles. The lowest BCUT2D eigenvalue weighted by Crippen LogP contribution is -2.48. The van der Waals surface area contributed by atoms with Gasteiger partial charge < -0.3 is 15.4 Å². The summed E-state index contributed by atoms with van der Waals surface area (Å²) >= 11 is 12.5. The standard InChI is InChI=1S/C18H20Cl2N6O/c1-18(21)6-8-26(9-7-18)16-17(27-2)22-14-13(24-25-15(14)23-16)10-4-3-5-11(19)12(10)20/h3-5H,6-9,21H2,1-2H3,(H,23,24,25). The van der Waals surface area contributed by atoms with Gasteiger partial charge in [-0.15, -0.1) is 0 Å². The van der Waals surface area contributed by atoms with Crippen molar-refractivity contribution in [2.24, 2.45) is 5.73 Å². The highest BCUT2D eigenvalue weighted by molar-refractivity contribution is 6.43. The van der Waals surface area contributed by atoms with Gasteiger partial charge >= 0.3 is 0 Å². The quantitative estimate of drug-likeness (QED) is 0.689. The SMILES string of the molecule is COc1nc2c(-c3cccc(Cl)c3Cl)[nH]nc2nc1N1CCC(C)(N)CC1. The van der Waals surface area contributed by atoms with Crippen molar-refractivity contribution in [3.05, 3.63) is 28.2 Å². The maximum Gasteiger partial charge on any atom is 0.258 e. The van der Waals surface area contributed by atoms with Gasteiger partial charge in [-0.2, -0.15) is 5.10 Å². The van der Waals surface area contributed by atoms with Crippen molar-refractivity contribution in [2.75, 3.05) is 25.1 Å². The number of aromatic nitrogens is 4. The average molecular weight is 407 g/mol. The van der Waals surface area contributed by atoms with E-state index in [2.05, 4.69) is 27.0 Å².